The molecule has 1 heterocycles. The number of urea groups is 1. The van der Waals surface area contributed by atoms with Gasteiger partial charge in [-0.3, -0.25) is 14.9 Å². The Bertz CT molecular complexity index is 586. The average Bonchev–Trinajstić information content (AvgIpc) is 2.55. The van der Waals surface area contributed by atoms with E-state index in [1.54, 1.807) is 6.07 Å². The fraction of sp³-hybridized carbons (Fsp3) is 0.308. The van der Waals surface area contributed by atoms with Crippen LogP contribution >= 0.6 is 0 Å². The molecule has 1 aliphatic heterocycles. The Morgan fingerprint density at radius 1 is 1.35 bits per heavy atom. The van der Waals surface area contributed by atoms with Gasteiger partial charge in [-0.2, -0.15) is 0 Å². The molecule has 1 aromatic rings. The number of rotatable bonds is 3. The van der Waals surface area contributed by atoms with Crippen molar-refractivity contribution in [1.29, 1.82) is 0 Å². The molecule has 2 rings (SSSR count). The van der Waals surface area contributed by atoms with Gasteiger partial charge >= 0.3 is 6.03 Å². The predicted molar refractivity (Wildman–Crippen MR) is 69.4 cm³/mol. The second-order valence-electron chi connectivity index (χ2n) is 4.93. The second-order valence-corrected chi connectivity index (χ2v) is 4.93. The van der Waals surface area contributed by atoms with Gasteiger partial charge in [-0.15, -0.1) is 0 Å². The van der Waals surface area contributed by atoms with E-state index in [0.717, 1.165) is 4.90 Å². The minimum Gasteiger partial charge on any atom is -0.322 e. The summed E-state index contributed by atoms with van der Waals surface area (Å²) in [5, 5.41) is 4.50. The van der Waals surface area contributed by atoms with Crippen LogP contribution in [0.15, 0.2) is 24.3 Å². The van der Waals surface area contributed by atoms with Gasteiger partial charge in [-0.25, -0.2) is 9.18 Å². The standard InChI is InChI=1S/C13H14FN3O3/c1-13(2)11(19)16-12(20)17(13)7-10(18)15-9-6-4-3-5-8(9)14/h3-6H,7H2,1-2H3,(H,15,18)(H,16,19,20). The maximum Gasteiger partial charge on any atom is 0.325 e. The van der Waals surface area contributed by atoms with E-state index in [-0.39, 0.29) is 12.2 Å². The summed E-state index contributed by atoms with van der Waals surface area (Å²) in [5.74, 6) is -1.61. The molecule has 0 bridgehead atoms. The number of nitrogens with zero attached hydrogens (tertiary/aromatic N) is 1. The summed E-state index contributed by atoms with van der Waals surface area (Å²) in [6.45, 7) is 2.73. The first-order chi connectivity index (χ1) is 9.32. The van der Waals surface area contributed by atoms with Crippen molar-refractivity contribution in [2.75, 3.05) is 11.9 Å². The molecule has 4 amide bonds. The Balaban J connectivity index is 2.07. The summed E-state index contributed by atoms with van der Waals surface area (Å²) in [4.78, 5) is 36.1. The average molecular weight is 279 g/mol. The van der Waals surface area contributed by atoms with Gasteiger partial charge in [0, 0.05) is 0 Å². The molecule has 1 saturated heterocycles. The lowest BCUT2D eigenvalue weighted by Crippen LogP contribution is -2.47. The van der Waals surface area contributed by atoms with Crippen LogP contribution in [0.4, 0.5) is 14.9 Å². The SMILES string of the molecule is CC1(C)C(=O)NC(=O)N1CC(=O)Nc1ccccc1F. The first-order valence-corrected chi connectivity index (χ1v) is 6.00. The summed E-state index contributed by atoms with van der Waals surface area (Å²) >= 11 is 0. The fourth-order valence-corrected chi connectivity index (χ4v) is 1.86. The minimum atomic E-state index is -1.11. The van der Waals surface area contributed by atoms with Crippen LogP contribution in [0, 0.1) is 5.82 Å². The van der Waals surface area contributed by atoms with Gasteiger partial charge in [0.2, 0.25) is 5.91 Å². The molecule has 0 unspecified atom stereocenters. The van der Waals surface area contributed by atoms with E-state index in [1.807, 2.05) is 0 Å². The van der Waals surface area contributed by atoms with Crippen LogP contribution in [0.25, 0.3) is 0 Å². The van der Waals surface area contributed by atoms with Gasteiger partial charge in [-0.1, -0.05) is 12.1 Å². The number of carbonyl (C=O) groups excluding carboxylic acids is 3. The summed E-state index contributed by atoms with van der Waals surface area (Å²) in [6.07, 6.45) is 0. The third-order valence-electron chi connectivity index (χ3n) is 3.15. The Kier molecular flexibility index (Phi) is 3.44. The topological polar surface area (TPSA) is 78.5 Å². The third kappa shape index (κ3) is 2.47. The Labute approximate surface area is 114 Å². The summed E-state index contributed by atoms with van der Waals surface area (Å²) < 4.78 is 13.4. The van der Waals surface area contributed by atoms with Crippen LogP contribution in [-0.2, 0) is 9.59 Å². The zero-order chi connectivity index (χ0) is 14.9. The molecule has 0 saturated carbocycles. The second kappa shape index (κ2) is 4.92. The summed E-state index contributed by atoms with van der Waals surface area (Å²) in [6, 6.07) is 5.07. The summed E-state index contributed by atoms with van der Waals surface area (Å²) in [7, 11) is 0. The van der Waals surface area contributed by atoms with E-state index in [2.05, 4.69) is 10.6 Å². The molecule has 1 aromatic carbocycles. The van der Waals surface area contributed by atoms with Gasteiger partial charge in [0.15, 0.2) is 0 Å². The highest BCUT2D eigenvalue weighted by Crippen LogP contribution is 2.20. The number of benzene rings is 1. The molecule has 0 aliphatic carbocycles. The quantitative estimate of drug-likeness (QED) is 0.813. The van der Waals surface area contributed by atoms with Gasteiger partial charge in [0.25, 0.3) is 5.91 Å². The van der Waals surface area contributed by atoms with Crippen molar-refractivity contribution in [2.24, 2.45) is 0 Å². The molecule has 20 heavy (non-hydrogen) atoms. The summed E-state index contributed by atoms with van der Waals surface area (Å²) in [5.41, 5.74) is -1.08. The van der Waals surface area contributed by atoms with E-state index in [1.165, 1.54) is 32.0 Å². The number of para-hydroxylation sites is 1. The lowest BCUT2D eigenvalue weighted by atomic mass is 10.0. The molecule has 0 atom stereocenters. The van der Waals surface area contributed by atoms with Crippen molar-refractivity contribution in [3.63, 3.8) is 0 Å². The third-order valence-corrected chi connectivity index (χ3v) is 3.15. The minimum absolute atomic E-state index is 0.0289. The van der Waals surface area contributed by atoms with Crippen LogP contribution in [-0.4, -0.2) is 34.8 Å². The van der Waals surface area contributed by atoms with Crippen molar-refractivity contribution in [2.45, 2.75) is 19.4 Å². The lowest BCUT2D eigenvalue weighted by Gasteiger charge is -2.27. The zero-order valence-electron chi connectivity index (χ0n) is 11.1. The highest BCUT2D eigenvalue weighted by molar-refractivity contribution is 6.08. The molecule has 2 N–H and O–H groups in total. The predicted octanol–water partition coefficient (Wildman–Crippen LogP) is 1.09. The zero-order valence-corrected chi connectivity index (χ0v) is 11.1. The number of imide groups is 1. The number of halogens is 1. The maximum absolute atomic E-state index is 13.4. The molecular weight excluding hydrogens is 265 g/mol. The number of nitrogens with one attached hydrogen (secondary N) is 2. The van der Waals surface area contributed by atoms with Crippen LogP contribution in [0.2, 0.25) is 0 Å². The fourth-order valence-electron chi connectivity index (χ4n) is 1.86. The molecule has 6 nitrogen and oxygen atoms in total. The van der Waals surface area contributed by atoms with E-state index in [0.29, 0.717) is 0 Å². The molecule has 7 heteroatoms. The molecule has 0 radical (unpaired) electrons. The molecule has 1 fully saturated rings. The number of anilines is 1. The van der Waals surface area contributed by atoms with E-state index < -0.39 is 29.2 Å². The number of hydrogen-bond donors (Lipinski definition) is 2. The highest BCUT2D eigenvalue weighted by Gasteiger charge is 2.46. The monoisotopic (exact) mass is 279 g/mol. The van der Waals surface area contributed by atoms with Gasteiger partial charge in [0.1, 0.15) is 17.9 Å². The normalized spacial score (nSPS) is 17.1. The van der Waals surface area contributed by atoms with Gasteiger partial charge in [-0.05, 0) is 26.0 Å². The van der Waals surface area contributed by atoms with Gasteiger partial charge in [0.05, 0.1) is 5.69 Å². The number of amides is 4. The molecular formula is C13H14FN3O3. The van der Waals surface area contributed by atoms with E-state index in [9.17, 15) is 18.8 Å². The van der Waals surface area contributed by atoms with Crippen molar-refractivity contribution >= 4 is 23.5 Å². The van der Waals surface area contributed by atoms with Crippen LogP contribution < -0.4 is 10.6 Å². The van der Waals surface area contributed by atoms with Crippen LogP contribution in [0.5, 0.6) is 0 Å². The van der Waals surface area contributed by atoms with Crippen LogP contribution in [0.3, 0.4) is 0 Å². The van der Waals surface area contributed by atoms with E-state index >= 15 is 0 Å². The van der Waals surface area contributed by atoms with Crippen molar-refractivity contribution in [1.82, 2.24) is 10.2 Å². The van der Waals surface area contributed by atoms with Gasteiger partial charge < -0.3 is 10.2 Å². The van der Waals surface area contributed by atoms with Crippen molar-refractivity contribution in [3.05, 3.63) is 30.1 Å². The number of hydrogen-bond acceptors (Lipinski definition) is 3. The van der Waals surface area contributed by atoms with E-state index in [4.69, 9.17) is 0 Å². The first-order valence-electron chi connectivity index (χ1n) is 6.00. The Morgan fingerprint density at radius 3 is 2.55 bits per heavy atom. The maximum atomic E-state index is 13.4. The molecule has 0 spiro atoms. The molecule has 106 valence electrons. The van der Waals surface area contributed by atoms with Crippen molar-refractivity contribution in [3.8, 4) is 0 Å². The number of carbonyl (C=O) groups is 3. The lowest BCUT2D eigenvalue weighted by molar-refractivity contribution is -0.126. The Morgan fingerprint density at radius 2 is 2.00 bits per heavy atom. The molecule has 0 aromatic heterocycles. The highest BCUT2D eigenvalue weighted by atomic mass is 19.1. The molecule has 1 aliphatic rings. The largest absolute Gasteiger partial charge is 0.325 e. The van der Waals surface area contributed by atoms with Crippen molar-refractivity contribution < 1.29 is 18.8 Å². The Hall–Kier alpha value is -2.44. The van der Waals surface area contributed by atoms with Crippen LogP contribution in [0.1, 0.15) is 13.8 Å². The first kappa shape index (κ1) is 14.0. The smallest absolute Gasteiger partial charge is 0.322 e.